The summed E-state index contributed by atoms with van der Waals surface area (Å²) in [5.74, 6) is -0.218. The average molecular weight is 546 g/mol. The molecule has 0 spiro atoms. The summed E-state index contributed by atoms with van der Waals surface area (Å²) >= 11 is 6.22. The molecule has 0 saturated carbocycles. The fourth-order valence-electron chi connectivity index (χ4n) is 4.26. The van der Waals surface area contributed by atoms with Crippen molar-refractivity contribution in [1.29, 1.82) is 0 Å². The molecule has 1 N–H and O–H groups in total. The van der Waals surface area contributed by atoms with Crippen LogP contribution in [0.15, 0.2) is 77.7 Å². The summed E-state index contributed by atoms with van der Waals surface area (Å²) in [6.45, 7) is 4.14. The summed E-state index contributed by atoms with van der Waals surface area (Å²) in [5.41, 5.74) is 1.71. The van der Waals surface area contributed by atoms with Gasteiger partial charge in [-0.05, 0) is 61.4 Å². The number of rotatable bonds is 9. The topological polar surface area (TPSA) is 78.9 Å². The molecule has 1 heterocycles. The van der Waals surface area contributed by atoms with Gasteiger partial charge in [0.25, 0.3) is 0 Å². The van der Waals surface area contributed by atoms with Crippen LogP contribution in [0.1, 0.15) is 12.5 Å². The first kappa shape index (κ1) is 26.9. The van der Waals surface area contributed by atoms with Crippen LogP contribution in [0.5, 0.6) is 5.75 Å². The average Bonchev–Trinajstić information content (AvgIpc) is 2.90. The molecule has 37 heavy (non-hydrogen) atoms. The van der Waals surface area contributed by atoms with E-state index in [1.165, 1.54) is 30.3 Å². The number of hydrogen-bond donors (Lipinski definition) is 1. The van der Waals surface area contributed by atoms with Crippen LogP contribution in [0.25, 0.3) is 0 Å². The molecule has 10 heteroatoms. The van der Waals surface area contributed by atoms with Gasteiger partial charge < -0.3 is 14.5 Å². The standard InChI is InChI=1S/C27H29ClFN3O4S/c1-2-36-26-13-12-23(19-24(26)28)37(34,35)30-25(18-20-6-4-3-5-7-20)27(33)32-16-14-31(15-17-32)22-10-8-21(29)9-11-22/h3-13,19,25,30H,2,14-18H2,1H3/t25-/m0/s1. The van der Waals surface area contributed by atoms with Gasteiger partial charge in [0.05, 0.1) is 16.5 Å². The molecule has 0 radical (unpaired) electrons. The highest BCUT2D eigenvalue weighted by atomic mass is 35.5. The Morgan fingerprint density at radius 3 is 2.32 bits per heavy atom. The Hall–Kier alpha value is -3.14. The van der Waals surface area contributed by atoms with Gasteiger partial charge >= 0.3 is 0 Å². The number of nitrogens with one attached hydrogen (secondary N) is 1. The quantitative estimate of drug-likeness (QED) is 0.438. The van der Waals surface area contributed by atoms with Crippen molar-refractivity contribution in [2.75, 3.05) is 37.7 Å². The molecule has 196 valence electrons. The number of sulfonamides is 1. The Kier molecular flexibility index (Phi) is 8.68. The molecule has 7 nitrogen and oxygen atoms in total. The second-order valence-corrected chi connectivity index (χ2v) is 10.8. The maximum atomic E-state index is 13.6. The SMILES string of the molecule is CCOc1ccc(S(=O)(=O)N[C@@H](Cc2ccccc2)C(=O)N2CCN(c3ccc(F)cc3)CC2)cc1Cl. The van der Waals surface area contributed by atoms with E-state index in [9.17, 15) is 17.6 Å². The van der Waals surface area contributed by atoms with Gasteiger partial charge in [0.15, 0.2) is 0 Å². The predicted molar refractivity (Wildman–Crippen MR) is 142 cm³/mol. The van der Waals surface area contributed by atoms with Crippen LogP contribution in [0.4, 0.5) is 10.1 Å². The molecular formula is C27H29ClFN3O4S. The van der Waals surface area contributed by atoms with Gasteiger partial charge in [-0.2, -0.15) is 4.72 Å². The van der Waals surface area contributed by atoms with Gasteiger partial charge in [0, 0.05) is 31.9 Å². The van der Waals surface area contributed by atoms with Crippen LogP contribution in [0, 0.1) is 5.82 Å². The van der Waals surface area contributed by atoms with Crippen molar-refractivity contribution in [1.82, 2.24) is 9.62 Å². The lowest BCUT2D eigenvalue weighted by molar-refractivity contribution is -0.133. The molecule has 1 atom stereocenters. The van der Waals surface area contributed by atoms with E-state index in [0.29, 0.717) is 38.5 Å². The van der Waals surface area contributed by atoms with Crippen LogP contribution in [0.2, 0.25) is 5.02 Å². The third-order valence-corrected chi connectivity index (χ3v) is 7.94. The van der Waals surface area contributed by atoms with E-state index < -0.39 is 16.1 Å². The van der Waals surface area contributed by atoms with Crippen molar-refractivity contribution in [3.05, 3.63) is 89.2 Å². The van der Waals surface area contributed by atoms with Crippen molar-refractivity contribution in [2.45, 2.75) is 24.3 Å². The van der Waals surface area contributed by atoms with Gasteiger partial charge in [-0.3, -0.25) is 4.79 Å². The summed E-state index contributed by atoms with van der Waals surface area (Å²) in [5, 5.41) is 0.174. The molecule has 3 aromatic rings. The fourth-order valence-corrected chi connectivity index (χ4v) is 5.78. The first-order chi connectivity index (χ1) is 17.8. The predicted octanol–water partition coefficient (Wildman–Crippen LogP) is 4.12. The van der Waals surface area contributed by atoms with Gasteiger partial charge in [0.2, 0.25) is 15.9 Å². The molecule has 0 unspecified atom stereocenters. The fraction of sp³-hybridized carbons (Fsp3) is 0.296. The van der Waals surface area contributed by atoms with E-state index in [-0.39, 0.29) is 28.1 Å². The minimum absolute atomic E-state index is 0.0482. The zero-order chi connectivity index (χ0) is 26.4. The second kappa shape index (κ2) is 11.9. The van der Waals surface area contributed by atoms with Crippen LogP contribution in [-0.4, -0.2) is 58.1 Å². The van der Waals surface area contributed by atoms with Crippen molar-refractivity contribution in [3.63, 3.8) is 0 Å². The van der Waals surface area contributed by atoms with Crippen LogP contribution in [-0.2, 0) is 21.2 Å². The molecule has 0 aromatic heterocycles. The van der Waals surface area contributed by atoms with Crippen LogP contribution in [0.3, 0.4) is 0 Å². The number of ether oxygens (including phenoxy) is 1. The summed E-state index contributed by atoms with van der Waals surface area (Å²) in [6, 6.07) is 18.7. The highest BCUT2D eigenvalue weighted by molar-refractivity contribution is 7.89. The van der Waals surface area contributed by atoms with Crippen LogP contribution < -0.4 is 14.4 Å². The third-order valence-electron chi connectivity index (χ3n) is 6.17. The molecule has 1 saturated heterocycles. The molecular weight excluding hydrogens is 517 g/mol. The number of nitrogens with zero attached hydrogens (tertiary/aromatic N) is 2. The summed E-state index contributed by atoms with van der Waals surface area (Å²) < 4.78 is 47.9. The van der Waals surface area contributed by atoms with Gasteiger partial charge in [-0.1, -0.05) is 41.9 Å². The van der Waals surface area contributed by atoms with Crippen molar-refractivity contribution < 1.29 is 22.3 Å². The maximum absolute atomic E-state index is 13.6. The van der Waals surface area contributed by atoms with Gasteiger partial charge in [0.1, 0.15) is 17.6 Å². The number of carbonyl (C=O) groups is 1. The Balaban J connectivity index is 1.51. The summed E-state index contributed by atoms with van der Waals surface area (Å²) in [4.78, 5) is 17.3. The normalized spacial score (nSPS) is 14.9. The molecule has 4 rings (SSSR count). The number of halogens is 2. The Bertz CT molecular complexity index is 1320. The first-order valence-electron chi connectivity index (χ1n) is 12.0. The van der Waals surface area contributed by atoms with Gasteiger partial charge in [-0.15, -0.1) is 0 Å². The summed E-state index contributed by atoms with van der Waals surface area (Å²) in [7, 11) is -4.06. The lowest BCUT2D eigenvalue weighted by Gasteiger charge is -2.37. The van der Waals surface area contributed by atoms with E-state index in [1.807, 2.05) is 37.3 Å². The third kappa shape index (κ3) is 6.80. The Morgan fingerprint density at radius 2 is 1.70 bits per heavy atom. The summed E-state index contributed by atoms with van der Waals surface area (Å²) in [6.07, 6.45) is 0.196. The number of anilines is 1. The highest BCUT2D eigenvalue weighted by Crippen LogP contribution is 2.27. The van der Waals surface area contributed by atoms with Gasteiger partial charge in [-0.25, -0.2) is 12.8 Å². The number of piperazine rings is 1. The molecule has 1 fully saturated rings. The van der Waals surface area contributed by atoms with Crippen molar-refractivity contribution in [2.24, 2.45) is 0 Å². The minimum Gasteiger partial charge on any atom is -0.492 e. The number of benzene rings is 3. The molecule has 3 aromatic carbocycles. The van der Waals surface area contributed by atoms with Crippen molar-refractivity contribution in [3.8, 4) is 5.75 Å². The number of hydrogen-bond acceptors (Lipinski definition) is 5. The van der Waals surface area contributed by atoms with E-state index >= 15 is 0 Å². The molecule has 0 aliphatic carbocycles. The second-order valence-electron chi connectivity index (χ2n) is 8.68. The maximum Gasteiger partial charge on any atom is 0.241 e. The van der Waals surface area contributed by atoms with Crippen LogP contribution >= 0.6 is 11.6 Å². The monoisotopic (exact) mass is 545 g/mol. The lowest BCUT2D eigenvalue weighted by atomic mass is 10.1. The Labute approximate surface area is 221 Å². The highest BCUT2D eigenvalue weighted by Gasteiger charge is 2.31. The molecule has 1 amide bonds. The van der Waals surface area contributed by atoms with Crippen molar-refractivity contribution >= 4 is 33.2 Å². The van der Waals surface area contributed by atoms with E-state index in [4.69, 9.17) is 16.3 Å². The zero-order valence-corrected chi connectivity index (χ0v) is 22.0. The molecule has 0 bridgehead atoms. The smallest absolute Gasteiger partial charge is 0.241 e. The van der Waals surface area contributed by atoms with E-state index in [2.05, 4.69) is 9.62 Å². The minimum atomic E-state index is -4.06. The zero-order valence-electron chi connectivity index (χ0n) is 20.4. The van der Waals surface area contributed by atoms with E-state index in [1.54, 1.807) is 17.0 Å². The first-order valence-corrected chi connectivity index (χ1v) is 13.9. The Morgan fingerprint density at radius 1 is 1.03 bits per heavy atom. The molecule has 1 aliphatic rings. The largest absolute Gasteiger partial charge is 0.492 e. The van der Waals surface area contributed by atoms with E-state index in [0.717, 1.165) is 11.3 Å². The molecule has 1 aliphatic heterocycles. The number of carbonyl (C=O) groups excluding carboxylic acids is 1. The number of amides is 1. The lowest BCUT2D eigenvalue weighted by Crippen LogP contribution is -2.55.